The Morgan fingerprint density at radius 3 is 2.81 bits per heavy atom. The van der Waals surface area contributed by atoms with E-state index in [0.717, 1.165) is 4.88 Å². The van der Waals surface area contributed by atoms with E-state index in [0.29, 0.717) is 16.8 Å². The van der Waals surface area contributed by atoms with Gasteiger partial charge in [0.05, 0.1) is 4.88 Å². The molecule has 1 aromatic carbocycles. The van der Waals surface area contributed by atoms with E-state index in [2.05, 4.69) is 4.98 Å². The molecule has 3 rings (SSSR count). The van der Waals surface area contributed by atoms with Gasteiger partial charge in [0.2, 0.25) is 0 Å². The maximum absolute atomic E-state index is 11.7. The summed E-state index contributed by atoms with van der Waals surface area (Å²) in [6.07, 6.45) is 0. The fourth-order valence-electron chi connectivity index (χ4n) is 1.52. The highest BCUT2D eigenvalue weighted by molar-refractivity contribution is 7.13. The van der Waals surface area contributed by atoms with Gasteiger partial charge in [0.1, 0.15) is 5.52 Å². The van der Waals surface area contributed by atoms with Crippen molar-refractivity contribution in [1.29, 1.82) is 0 Å². The largest absolute Gasteiger partial charge is 0.419 e. The Labute approximate surface area is 95.0 Å². The zero-order valence-electron chi connectivity index (χ0n) is 8.21. The zero-order valence-corrected chi connectivity index (χ0v) is 9.03. The Kier molecular flexibility index (Phi) is 2.08. The number of aromatic nitrogens is 1. The van der Waals surface area contributed by atoms with E-state index in [4.69, 9.17) is 4.42 Å². The summed E-state index contributed by atoms with van der Waals surface area (Å²) >= 11 is 1.48. The van der Waals surface area contributed by atoms with Gasteiger partial charge in [0.15, 0.2) is 11.3 Å². The van der Waals surface area contributed by atoms with Gasteiger partial charge in [-0.3, -0.25) is 0 Å². The van der Waals surface area contributed by atoms with Gasteiger partial charge in [-0.2, -0.15) is 0 Å². The van der Waals surface area contributed by atoms with Crippen LogP contribution in [0.15, 0.2) is 51.0 Å². The topological polar surface area (TPSA) is 43.1 Å². The number of fused-ring (bicyclic) bond motifs is 1. The standard InChI is InChI=1S/C12H7NO2S/c14-12-11(10-6-3-7-16-10)13-8-4-1-2-5-9(8)15-12/h1-7H. The first-order valence-corrected chi connectivity index (χ1v) is 5.66. The quantitative estimate of drug-likeness (QED) is 0.644. The molecule has 0 aliphatic carbocycles. The molecule has 3 aromatic rings. The molecule has 0 bridgehead atoms. The van der Waals surface area contributed by atoms with Crippen molar-refractivity contribution < 1.29 is 4.42 Å². The molecule has 0 aliphatic heterocycles. The number of hydrogen-bond acceptors (Lipinski definition) is 4. The highest BCUT2D eigenvalue weighted by atomic mass is 32.1. The van der Waals surface area contributed by atoms with E-state index in [1.165, 1.54) is 11.3 Å². The van der Waals surface area contributed by atoms with Gasteiger partial charge in [0.25, 0.3) is 0 Å². The molecule has 78 valence electrons. The molecule has 4 heteroatoms. The first kappa shape index (κ1) is 9.30. The lowest BCUT2D eigenvalue weighted by Gasteiger charge is -1.98. The van der Waals surface area contributed by atoms with E-state index < -0.39 is 0 Å². The zero-order chi connectivity index (χ0) is 11.0. The summed E-state index contributed by atoms with van der Waals surface area (Å²) in [6.45, 7) is 0. The second-order valence-corrected chi connectivity index (χ2v) is 4.24. The predicted molar refractivity (Wildman–Crippen MR) is 63.6 cm³/mol. The van der Waals surface area contributed by atoms with Crippen LogP contribution in [0.1, 0.15) is 0 Å². The molecule has 2 heterocycles. The molecule has 0 aliphatic rings. The third-order valence-corrected chi connectivity index (χ3v) is 3.12. The Morgan fingerprint density at radius 2 is 2.00 bits per heavy atom. The molecule has 0 saturated heterocycles. The highest BCUT2D eigenvalue weighted by Crippen LogP contribution is 2.21. The Hall–Kier alpha value is -1.94. The fraction of sp³-hybridized carbons (Fsp3) is 0. The van der Waals surface area contributed by atoms with E-state index >= 15 is 0 Å². The minimum absolute atomic E-state index is 0.383. The Bertz CT molecular complexity index is 686. The smallest absolute Gasteiger partial charge is 0.363 e. The Morgan fingerprint density at radius 1 is 1.12 bits per heavy atom. The van der Waals surface area contributed by atoms with Gasteiger partial charge >= 0.3 is 5.63 Å². The van der Waals surface area contributed by atoms with Gasteiger partial charge in [-0.15, -0.1) is 11.3 Å². The lowest BCUT2D eigenvalue weighted by molar-refractivity contribution is 0.558. The Balaban J connectivity index is 2.34. The monoisotopic (exact) mass is 229 g/mol. The molecule has 0 fully saturated rings. The van der Waals surface area contributed by atoms with Crippen LogP contribution in [-0.4, -0.2) is 4.98 Å². The van der Waals surface area contributed by atoms with Crippen LogP contribution in [0.5, 0.6) is 0 Å². The molecule has 16 heavy (non-hydrogen) atoms. The van der Waals surface area contributed by atoms with Crippen molar-refractivity contribution in [1.82, 2.24) is 4.98 Å². The van der Waals surface area contributed by atoms with Gasteiger partial charge in [-0.1, -0.05) is 18.2 Å². The average Bonchev–Trinajstić information content (AvgIpc) is 2.81. The molecule has 0 saturated carbocycles. The average molecular weight is 229 g/mol. The molecular formula is C12H7NO2S. The summed E-state index contributed by atoms with van der Waals surface area (Å²) in [5, 5.41) is 1.91. The molecule has 0 radical (unpaired) electrons. The summed E-state index contributed by atoms with van der Waals surface area (Å²) in [4.78, 5) is 16.9. The minimum atomic E-state index is -0.388. The van der Waals surface area contributed by atoms with E-state index in [1.54, 1.807) is 6.07 Å². The second kappa shape index (κ2) is 3.57. The maximum atomic E-state index is 11.7. The van der Waals surface area contributed by atoms with Gasteiger partial charge in [0, 0.05) is 0 Å². The van der Waals surface area contributed by atoms with Crippen molar-refractivity contribution in [2.75, 3.05) is 0 Å². The van der Waals surface area contributed by atoms with Gasteiger partial charge in [-0.05, 0) is 23.6 Å². The van der Waals surface area contributed by atoms with Crippen LogP contribution >= 0.6 is 11.3 Å². The first-order valence-electron chi connectivity index (χ1n) is 4.78. The molecule has 0 N–H and O–H groups in total. The van der Waals surface area contributed by atoms with Gasteiger partial charge < -0.3 is 4.42 Å². The first-order chi connectivity index (χ1) is 7.84. The fourth-order valence-corrected chi connectivity index (χ4v) is 2.22. The molecule has 3 nitrogen and oxygen atoms in total. The lowest BCUT2D eigenvalue weighted by Crippen LogP contribution is -2.04. The normalized spacial score (nSPS) is 10.8. The maximum Gasteiger partial charge on any atom is 0.363 e. The molecule has 0 spiro atoms. The SMILES string of the molecule is O=c1oc2ccccc2nc1-c1cccs1. The minimum Gasteiger partial charge on any atom is -0.419 e. The number of para-hydroxylation sites is 2. The van der Waals surface area contributed by atoms with Crippen LogP contribution in [0.2, 0.25) is 0 Å². The summed E-state index contributed by atoms with van der Waals surface area (Å²) < 4.78 is 5.21. The second-order valence-electron chi connectivity index (χ2n) is 3.29. The third kappa shape index (κ3) is 1.44. The highest BCUT2D eigenvalue weighted by Gasteiger charge is 2.09. The molecule has 0 atom stereocenters. The molecule has 2 aromatic heterocycles. The summed E-state index contributed by atoms with van der Waals surface area (Å²) in [5.41, 5.74) is 1.22. The van der Waals surface area contributed by atoms with Crippen molar-refractivity contribution in [3.05, 3.63) is 52.2 Å². The van der Waals surface area contributed by atoms with E-state index in [9.17, 15) is 4.79 Å². The van der Waals surface area contributed by atoms with Crippen LogP contribution in [0.3, 0.4) is 0 Å². The van der Waals surface area contributed by atoms with E-state index in [-0.39, 0.29) is 5.63 Å². The predicted octanol–water partition coefficient (Wildman–Crippen LogP) is 2.92. The molecular weight excluding hydrogens is 222 g/mol. The van der Waals surface area contributed by atoms with Crippen LogP contribution < -0.4 is 5.63 Å². The number of rotatable bonds is 1. The molecule has 0 amide bonds. The number of thiophene rings is 1. The number of nitrogens with zero attached hydrogens (tertiary/aromatic N) is 1. The van der Waals surface area contributed by atoms with Crippen molar-refractivity contribution in [3.8, 4) is 10.6 Å². The lowest BCUT2D eigenvalue weighted by atomic mass is 10.3. The van der Waals surface area contributed by atoms with Crippen LogP contribution in [-0.2, 0) is 0 Å². The van der Waals surface area contributed by atoms with Crippen LogP contribution in [0.25, 0.3) is 21.7 Å². The number of benzene rings is 1. The summed E-state index contributed by atoms with van der Waals surface area (Å²) in [6, 6.07) is 11.0. The van der Waals surface area contributed by atoms with Crippen LogP contribution in [0, 0.1) is 0 Å². The van der Waals surface area contributed by atoms with Crippen molar-refractivity contribution >= 4 is 22.4 Å². The third-order valence-electron chi connectivity index (χ3n) is 2.25. The van der Waals surface area contributed by atoms with Crippen molar-refractivity contribution in [2.45, 2.75) is 0 Å². The van der Waals surface area contributed by atoms with Crippen LogP contribution in [0.4, 0.5) is 0 Å². The van der Waals surface area contributed by atoms with Gasteiger partial charge in [-0.25, -0.2) is 9.78 Å². The van der Waals surface area contributed by atoms with Crippen molar-refractivity contribution in [2.24, 2.45) is 0 Å². The van der Waals surface area contributed by atoms with Crippen molar-refractivity contribution in [3.63, 3.8) is 0 Å². The van der Waals surface area contributed by atoms with E-state index in [1.807, 2.05) is 35.7 Å². The number of hydrogen-bond donors (Lipinski definition) is 0. The summed E-state index contributed by atoms with van der Waals surface area (Å²) in [5.74, 6) is 0. The molecule has 0 unspecified atom stereocenters. The summed E-state index contributed by atoms with van der Waals surface area (Å²) in [7, 11) is 0.